The summed E-state index contributed by atoms with van der Waals surface area (Å²) in [5.41, 5.74) is 1.12. The van der Waals surface area contributed by atoms with Gasteiger partial charge < -0.3 is 16.0 Å². The minimum absolute atomic E-state index is 0.00418. The van der Waals surface area contributed by atoms with Crippen molar-refractivity contribution < 1.29 is 9.59 Å². The van der Waals surface area contributed by atoms with Crippen LogP contribution in [-0.2, 0) is 22.4 Å². The number of hydrogen-bond donors (Lipinski definition) is 3. The van der Waals surface area contributed by atoms with Crippen molar-refractivity contribution >= 4 is 28.3 Å². The summed E-state index contributed by atoms with van der Waals surface area (Å²) in [6.07, 6.45) is 33.4. The SMILES string of the molecule is CCC=CCC=CCC=CCC=CCC=CCCCC(=O)NCCC(=O)Nc1nc2c(s1)C[C@H](NCCC)CC2. The van der Waals surface area contributed by atoms with Crippen molar-refractivity contribution in [2.45, 2.75) is 103 Å². The third-order valence-corrected chi connectivity index (χ3v) is 7.51. The summed E-state index contributed by atoms with van der Waals surface area (Å²) in [5, 5.41) is 10.0. The van der Waals surface area contributed by atoms with Gasteiger partial charge in [0.25, 0.3) is 0 Å². The number of thiazole rings is 1. The third kappa shape index (κ3) is 15.7. The molecule has 0 aromatic carbocycles. The van der Waals surface area contributed by atoms with Crippen LogP contribution in [0.1, 0.15) is 95.0 Å². The number of nitrogens with one attached hydrogen (secondary N) is 3. The standard InChI is InChI=1S/C33H50N4O2S/c1-3-5-6-7-8-9-10-11-12-13-14-15-16-17-18-19-20-21-31(38)35-26-24-32(39)37-33-36-29-23-22-28(34-25-4-2)27-30(29)40-33/h5-6,8-9,11-12,14-15,17-18,28,34H,3-4,7,10,13,16,19-27H2,1-2H3,(H,35,38)(H,36,37,39)/t28-/m1/s1. The summed E-state index contributed by atoms with van der Waals surface area (Å²) in [4.78, 5) is 30.3. The fourth-order valence-electron chi connectivity index (χ4n) is 4.29. The van der Waals surface area contributed by atoms with E-state index in [1.54, 1.807) is 11.3 Å². The van der Waals surface area contributed by atoms with Gasteiger partial charge in [-0.15, -0.1) is 11.3 Å². The van der Waals surface area contributed by atoms with Crippen LogP contribution >= 0.6 is 11.3 Å². The molecule has 2 rings (SSSR count). The molecule has 0 aliphatic heterocycles. The maximum atomic E-state index is 12.3. The predicted molar refractivity (Wildman–Crippen MR) is 171 cm³/mol. The summed E-state index contributed by atoms with van der Waals surface area (Å²) < 4.78 is 0. The van der Waals surface area contributed by atoms with Crippen LogP contribution in [0.15, 0.2) is 60.8 Å². The molecule has 7 heteroatoms. The smallest absolute Gasteiger partial charge is 0.227 e. The second-order valence-electron chi connectivity index (χ2n) is 10.0. The first-order chi connectivity index (χ1) is 19.6. The number of aromatic nitrogens is 1. The Hall–Kier alpha value is -2.77. The molecule has 1 aliphatic rings. The van der Waals surface area contributed by atoms with Crippen LogP contribution in [0.25, 0.3) is 0 Å². The average molecular weight is 567 g/mol. The fraction of sp³-hybridized carbons (Fsp3) is 0.545. The monoisotopic (exact) mass is 566 g/mol. The molecule has 0 radical (unpaired) electrons. The molecule has 0 fully saturated rings. The fourth-order valence-corrected chi connectivity index (χ4v) is 5.39. The van der Waals surface area contributed by atoms with E-state index in [-0.39, 0.29) is 18.2 Å². The maximum absolute atomic E-state index is 12.3. The number of hydrogen-bond acceptors (Lipinski definition) is 5. The van der Waals surface area contributed by atoms with E-state index >= 15 is 0 Å². The molecule has 0 bridgehead atoms. The molecule has 0 saturated heterocycles. The van der Waals surface area contributed by atoms with Crippen molar-refractivity contribution in [2.24, 2.45) is 0 Å². The molecule has 3 N–H and O–H groups in total. The Kier molecular flexibility index (Phi) is 18.4. The van der Waals surface area contributed by atoms with E-state index in [9.17, 15) is 9.59 Å². The van der Waals surface area contributed by atoms with Gasteiger partial charge in [0.15, 0.2) is 5.13 Å². The lowest BCUT2D eigenvalue weighted by molar-refractivity contribution is -0.121. The Morgan fingerprint density at radius 1 is 0.850 bits per heavy atom. The highest BCUT2D eigenvalue weighted by molar-refractivity contribution is 7.15. The summed E-state index contributed by atoms with van der Waals surface area (Å²) >= 11 is 1.58. The summed E-state index contributed by atoms with van der Waals surface area (Å²) in [6, 6.07) is 0.507. The molecule has 1 heterocycles. The van der Waals surface area contributed by atoms with Gasteiger partial charge in [0.1, 0.15) is 0 Å². The third-order valence-electron chi connectivity index (χ3n) is 6.48. The summed E-state index contributed by atoms with van der Waals surface area (Å²) in [5.74, 6) is -0.110. The topological polar surface area (TPSA) is 83.1 Å². The Morgan fingerprint density at radius 2 is 1.50 bits per heavy atom. The van der Waals surface area contributed by atoms with Gasteiger partial charge in [0.05, 0.1) is 5.69 Å². The lowest BCUT2D eigenvalue weighted by Gasteiger charge is -2.21. The van der Waals surface area contributed by atoms with Crippen LogP contribution in [0.2, 0.25) is 0 Å². The molecule has 0 saturated carbocycles. The second kappa shape index (κ2) is 22.0. The van der Waals surface area contributed by atoms with E-state index in [4.69, 9.17) is 0 Å². The van der Waals surface area contributed by atoms with Gasteiger partial charge in [0, 0.05) is 30.3 Å². The second-order valence-corrected chi connectivity index (χ2v) is 11.1. The van der Waals surface area contributed by atoms with Crippen molar-refractivity contribution in [3.63, 3.8) is 0 Å². The molecule has 220 valence electrons. The summed E-state index contributed by atoms with van der Waals surface area (Å²) in [7, 11) is 0. The van der Waals surface area contributed by atoms with E-state index in [1.165, 1.54) is 4.88 Å². The Labute approximate surface area is 246 Å². The molecule has 6 nitrogen and oxygen atoms in total. The van der Waals surface area contributed by atoms with Crippen molar-refractivity contribution in [1.29, 1.82) is 0 Å². The zero-order valence-electron chi connectivity index (χ0n) is 24.6. The highest BCUT2D eigenvalue weighted by Crippen LogP contribution is 2.29. The van der Waals surface area contributed by atoms with Gasteiger partial charge in [-0.05, 0) is 77.2 Å². The number of unbranched alkanes of at least 4 members (excludes halogenated alkanes) is 1. The minimum atomic E-state index is -0.106. The van der Waals surface area contributed by atoms with Crippen LogP contribution in [0.3, 0.4) is 0 Å². The molecule has 2 amide bonds. The summed E-state index contributed by atoms with van der Waals surface area (Å²) in [6.45, 7) is 5.71. The normalized spacial score (nSPS) is 15.7. The molecule has 1 aromatic heterocycles. The number of nitrogens with zero attached hydrogens (tertiary/aromatic N) is 1. The maximum Gasteiger partial charge on any atom is 0.227 e. The molecule has 0 spiro atoms. The van der Waals surface area contributed by atoms with Gasteiger partial charge in [-0.2, -0.15) is 0 Å². The zero-order chi connectivity index (χ0) is 28.7. The number of fused-ring (bicyclic) bond motifs is 1. The Morgan fingerprint density at radius 3 is 2.15 bits per heavy atom. The highest BCUT2D eigenvalue weighted by Gasteiger charge is 2.22. The van der Waals surface area contributed by atoms with E-state index < -0.39 is 0 Å². The van der Waals surface area contributed by atoms with Gasteiger partial charge in [-0.3, -0.25) is 9.59 Å². The van der Waals surface area contributed by atoms with Crippen LogP contribution in [0.4, 0.5) is 5.13 Å². The van der Waals surface area contributed by atoms with Gasteiger partial charge >= 0.3 is 0 Å². The first-order valence-electron chi connectivity index (χ1n) is 15.2. The molecule has 0 unspecified atom stereocenters. The van der Waals surface area contributed by atoms with E-state index in [0.29, 0.717) is 24.1 Å². The van der Waals surface area contributed by atoms with Crippen LogP contribution in [0.5, 0.6) is 0 Å². The zero-order valence-corrected chi connectivity index (χ0v) is 25.4. The van der Waals surface area contributed by atoms with Crippen molar-refractivity contribution in [3.8, 4) is 0 Å². The molecular weight excluding hydrogens is 516 g/mol. The number of carbonyl (C=O) groups is 2. The quantitative estimate of drug-likeness (QED) is 0.114. The number of rotatable bonds is 20. The number of aryl methyl sites for hydroxylation is 1. The molecule has 40 heavy (non-hydrogen) atoms. The lowest BCUT2D eigenvalue weighted by atomic mass is 9.98. The van der Waals surface area contributed by atoms with E-state index in [2.05, 4.69) is 95.5 Å². The van der Waals surface area contributed by atoms with Crippen LogP contribution in [0, 0.1) is 0 Å². The predicted octanol–water partition coefficient (Wildman–Crippen LogP) is 7.37. The van der Waals surface area contributed by atoms with Gasteiger partial charge in [0.2, 0.25) is 11.8 Å². The Balaban J connectivity index is 1.46. The van der Waals surface area contributed by atoms with Gasteiger partial charge in [-0.1, -0.05) is 74.6 Å². The Bertz CT molecular complexity index is 1010. The molecule has 1 aromatic rings. The van der Waals surface area contributed by atoms with Crippen molar-refractivity contribution in [2.75, 3.05) is 18.4 Å². The van der Waals surface area contributed by atoms with Gasteiger partial charge in [-0.25, -0.2) is 4.98 Å². The van der Waals surface area contributed by atoms with Crippen LogP contribution in [-0.4, -0.2) is 35.9 Å². The molecule has 1 atom stereocenters. The average Bonchev–Trinajstić information content (AvgIpc) is 3.34. The number of amides is 2. The van der Waals surface area contributed by atoms with Crippen LogP contribution < -0.4 is 16.0 Å². The number of allylic oxidation sites excluding steroid dienone is 10. The first-order valence-corrected chi connectivity index (χ1v) is 16.0. The van der Waals surface area contributed by atoms with E-state index in [1.807, 2.05) is 0 Å². The molecular formula is C33H50N4O2S. The molecule has 1 aliphatic carbocycles. The van der Waals surface area contributed by atoms with Crippen molar-refractivity contribution in [1.82, 2.24) is 15.6 Å². The first kappa shape index (κ1) is 33.4. The minimum Gasteiger partial charge on any atom is -0.356 e. The lowest BCUT2D eigenvalue weighted by Crippen LogP contribution is -2.34. The highest BCUT2D eigenvalue weighted by atomic mass is 32.1. The van der Waals surface area contributed by atoms with Crippen molar-refractivity contribution in [3.05, 3.63) is 71.3 Å². The number of carbonyl (C=O) groups excluding carboxylic acids is 2. The number of anilines is 1. The van der Waals surface area contributed by atoms with E-state index in [0.717, 1.165) is 82.9 Å². The largest absolute Gasteiger partial charge is 0.356 e.